The molecule has 180 valence electrons. The van der Waals surface area contributed by atoms with E-state index in [1.807, 2.05) is 35.4 Å². The topological polar surface area (TPSA) is 70.7 Å². The first-order chi connectivity index (χ1) is 16.0. The van der Waals surface area contributed by atoms with Gasteiger partial charge in [0.15, 0.2) is 5.58 Å². The Kier molecular flexibility index (Phi) is 6.25. The van der Waals surface area contributed by atoms with Crippen molar-refractivity contribution in [2.24, 2.45) is 0 Å². The average molecular weight is 455 g/mol. The van der Waals surface area contributed by atoms with E-state index >= 15 is 0 Å². The quantitative estimate of drug-likeness (QED) is 0.739. The highest BCUT2D eigenvalue weighted by molar-refractivity contribution is 6.03. The van der Waals surface area contributed by atoms with E-state index in [2.05, 4.69) is 10.2 Å². The van der Waals surface area contributed by atoms with Gasteiger partial charge < -0.3 is 24.1 Å². The van der Waals surface area contributed by atoms with Crippen LogP contribution in [0.3, 0.4) is 0 Å². The molecule has 1 saturated carbocycles. The summed E-state index contributed by atoms with van der Waals surface area (Å²) in [5.74, 6) is 0.729. The number of aromatic nitrogens is 1. The van der Waals surface area contributed by atoms with Crippen molar-refractivity contribution in [2.45, 2.75) is 89.8 Å². The van der Waals surface area contributed by atoms with Crippen LogP contribution in [0, 0.1) is 6.92 Å². The van der Waals surface area contributed by atoms with E-state index in [-0.39, 0.29) is 17.9 Å². The summed E-state index contributed by atoms with van der Waals surface area (Å²) in [6, 6.07) is 4.04. The number of fused-ring (bicyclic) bond motifs is 3. The number of nitrogens with zero attached hydrogens (tertiary/aromatic N) is 3. The number of amides is 2. The lowest BCUT2D eigenvalue weighted by Crippen LogP contribution is -2.65. The fourth-order valence-corrected chi connectivity index (χ4v) is 6.00. The summed E-state index contributed by atoms with van der Waals surface area (Å²) in [5, 5.41) is 3.32. The highest BCUT2D eigenvalue weighted by atomic mass is 16.3. The van der Waals surface area contributed by atoms with Crippen molar-refractivity contribution in [1.29, 1.82) is 0 Å². The fraction of sp³-hybridized carbons (Fsp3) is 0.692. The molecule has 4 heterocycles. The highest BCUT2D eigenvalue weighted by Gasteiger charge is 2.48. The molecular formula is C26H38N4O3. The lowest BCUT2D eigenvalue weighted by molar-refractivity contribution is -0.133. The minimum absolute atomic E-state index is 0.0219. The molecule has 2 fully saturated rings. The molecule has 1 atom stereocenters. The summed E-state index contributed by atoms with van der Waals surface area (Å²) in [4.78, 5) is 31.9. The largest absolute Gasteiger partial charge is 0.460 e. The van der Waals surface area contributed by atoms with E-state index in [1.165, 1.54) is 32.1 Å². The fourth-order valence-electron chi connectivity index (χ4n) is 6.00. The zero-order chi connectivity index (χ0) is 23.0. The molecule has 33 heavy (non-hydrogen) atoms. The van der Waals surface area contributed by atoms with Gasteiger partial charge >= 0.3 is 0 Å². The van der Waals surface area contributed by atoms with Crippen LogP contribution in [0.25, 0.3) is 11.1 Å². The average Bonchev–Trinajstić information content (AvgIpc) is 3.19. The molecule has 2 amide bonds. The summed E-state index contributed by atoms with van der Waals surface area (Å²) in [5.41, 5.74) is 1.33. The number of furan rings is 1. The van der Waals surface area contributed by atoms with Crippen LogP contribution >= 0.6 is 0 Å². The van der Waals surface area contributed by atoms with Crippen molar-refractivity contribution in [3.63, 3.8) is 0 Å². The number of rotatable bonds is 5. The molecule has 7 nitrogen and oxygen atoms in total. The van der Waals surface area contributed by atoms with Gasteiger partial charge in [-0.2, -0.15) is 0 Å². The Balaban J connectivity index is 1.43. The van der Waals surface area contributed by atoms with Crippen LogP contribution in [0.1, 0.15) is 81.0 Å². The predicted molar refractivity (Wildman–Crippen MR) is 128 cm³/mol. The summed E-state index contributed by atoms with van der Waals surface area (Å²) >= 11 is 0. The van der Waals surface area contributed by atoms with Gasteiger partial charge in [-0.1, -0.05) is 32.1 Å². The summed E-state index contributed by atoms with van der Waals surface area (Å²) in [6.45, 7) is 7.86. The van der Waals surface area contributed by atoms with Gasteiger partial charge in [0.2, 0.25) is 5.91 Å². The molecule has 0 bridgehead atoms. The molecule has 1 aliphatic carbocycles. The van der Waals surface area contributed by atoms with Crippen LogP contribution in [0.4, 0.5) is 0 Å². The van der Waals surface area contributed by atoms with Crippen molar-refractivity contribution >= 4 is 22.9 Å². The number of likely N-dealkylation sites (tertiary alicyclic amines) is 1. The number of hydrogen-bond donors (Lipinski definition) is 1. The summed E-state index contributed by atoms with van der Waals surface area (Å²) in [7, 11) is 0. The molecule has 5 rings (SSSR count). The molecule has 3 aliphatic rings. The first-order valence-corrected chi connectivity index (χ1v) is 12.9. The summed E-state index contributed by atoms with van der Waals surface area (Å²) in [6.07, 6.45) is 10.6. The van der Waals surface area contributed by atoms with E-state index in [1.54, 1.807) is 0 Å². The molecule has 0 aromatic carbocycles. The van der Waals surface area contributed by atoms with Gasteiger partial charge in [0.05, 0.1) is 12.1 Å². The second-order valence-electron chi connectivity index (χ2n) is 10.5. The molecule has 0 radical (unpaired) electrons. The maximum atomic E-state index is 13.8. The first-order valence-electron chi connectivity index (χ1n) is 12.9. The van der Waals surface area contributed by atoms with Gasteiger partial charge in [0.25, 0.3) is 5.91 Å². The molecule has 0 unspecified atom stereocenters. The predicted octanol–water partition coefficient (Wildman–Crippen LogP) is 4.08. The van der Waals surface area contributed by atoms with Crippen molar-refractivity contribution in [1.82, 2.24) is 19.7 Å². The Hall–Kier alpha value is -2.28. The second kappa shape index (κ2) is 9.16. The third-order valence-electron chi connectivity index (χ3n) is 8.01. The first kappa shape index (κ1) is 22.5. The third-order valence-corrected chi connectivity index (χ3v) is 8.01. The van der Waals surface area contributed by atoms with Crippen LogP contribution in [0.2, 0.25) is 0 Å². The Morgan fingerprint density at radius 1 is 1.06 bits per heavy atom. The molecule has 2 aromatic rings. The van der Waals surface area contributed by atoms with E-state index in [9.17, 15) is 9.59 Å². The SMILES string of the molecule is Cc1cc2c(cc3n2C[C@@](C)(C(=O)NC2CCCCC2)N(CCN2CCCCCC2)C3=O)o1. The van der Waals surface area contributed by atoms with Gasteiger partial charge in [-0.3, -0.25) is 9.59 Å². The van der Waals surface area contributed by atoms with Crippen molar-refractivity contribution in [3.05, 3.63) is 23.6 Å². The molecule has 2 aromatic heterocycles. The van der Waals surface area contributed by atoms with Gasteiger partial charge in [-0.05, 0) is 52.6 Å². The molecule has 1 saturated heterocycles. The van der Waals surface area contributed by atoms with Crippen molar-refractivity contribution in [2.75, 3.05) is 26.2 Å². The van der Waals surface area contributed by atoms with Crippen molar-refractivity contribution < 1.29 is 14.0 Å². The Labute approximate surface area is 196 Å². The van der Waals surface area contributed by atoms with Crippen LogP contribution in [0.5, 0.6) is 0 Å². The highest BCUT2D eigenvalue weighted by Crippen LogP contribution is 2.34. The van der Waals surface area contributed by atoms with Crippen LogP contribution < -0.4 is 5.32 Å². The van der Waals surface area contributed by atoms with Gasteiger partial charge in [0, 0.05) is 31.3 Å². The maximum absolute atomic E-state index is 13.8. The minimum atomic E-state index is -0.926. The van der Waals surface area contributed by atoms with Gasteiger partial charge in [-0.25, -0.2) is 0 Å². The van der Waals surface area contributed by atoms with E-state index in [0.29, 0.717) is 18.8 Å². The second-order valence-corrected chi connectivity index (χ2v) is 10.5. The molecule has 2 aliphatic heterocycles. The Morgan fingerprint density at radius 2 is 1.76 bits per heavy atom. The molecule has 1 N–H and O–H groups in total. The Bertz CT molecular complexity index is 1010. The standard InChI is InChI=1S/C26H38N4O3/c1-19-16-21-23(33-19)17-22-24(31)30(15-14-28-12-8-3-4-9-13-28)26(2,18-29(21)22)25(32)27-20-10-6-5-7-11-20/h16-17,20H,3-15,18H2,1-2H3,(H,27,32)/t26-/m0/s1. The van der Waals surface area contributed by atoms with E-state index in [4.69, 9.17) is 4.42 Å². The van der Waals surface area contributed by atoms with Gasteiger partial charge in [0.1, 0.15) is 17.0 Å². The van der Waals surface area contributed by atoms with Crippen LogP contribution in [0.15, 0.2) is 16.5 Å². The Morgan fingerprint density at radius 3 is 2.48 bits per heavy atom. The van der Waals surface area contributed by atoms with Crippen molar-refractivity contribution in [3.8, 4) is 0 Å². The minimum Gasteiger partial charge on any atom is -0.460 e. The smallest absolute Gasteiger partial charge is 0.271 e. The lowest BCUT2D eigenvalue weighted by atomic mass is 9.91. The molecule has 7 heteroatoms. The lowest BCUT2D eigenvalue weighted by Gasteiger charge is -2.45. The van der Waals surface area contributed by atoms with E-state index in [0.717, 1.165) is 62.2 Å². The normalized spacial score (nSPS) is 25.3. The van der Waals surface area contributed by atoms with Crippen LogP contribution in [-0.4, -0.2) is 63.9 Å². The summed E-state index contributed by atoms with van der Waals surface area (Å²) < 4.78 is 7.82. The molecule has 0 spiro atoms. The number of hydrogen-bond acceptors (Lipinski definition) is 4. The monoisotopic (exact) mass is 454 g/mol. The number of aryl methyl sites for hydroxylation is 1. The van der Waals surface area contributed by atoms with Gasteiger partial charge in [-0.15, -0.1) is 0 Å². The number of carbonyl (C=O) groups is 2. The number of nitrogens with one attached hydrogen (secondary N) is 1. The van der Waals surface area contributed by atoms with E-state index < -0.39 is 5.54 Å². The van der Waals surface area contributed by atoms with Crippen LogP contribution in [-0.2, 0) is 11.3 Å². The molecular weight excluding hydrogens is 416 g/mol. The zero-order valence-corrected chi connectivity index (χ0v) is 20.2. The number of carbonyl (C=O) groups excluding carboxylic acids is 2. The zero-order valence-electron chi connectivity index (χ0n) is 20.2. The maximum Gasteiger partial charge on any atom is 0.271 e. The third kappa shape index (κ3) is 4.32.